The summed E-state index contributed by atoms with van der Waals surface area (Å²) in [6.07, 6.45) is 0. The van der Waals surface area contributed by atoms with E-state index in [9.17, 15) is 18.0 Å². The van der Waals surface area contributed by atoms with E-state index in [2.05, 4.69) is 14.3 Å². The van der Waals surface area contributed by atoms with Gasteiger partial charge in [-0.05, 0) is 32.0 Å². The second kappa shape index (κ2) is 5.64. The fourth-order valence-corrected chi connectivity index (χ4v) is 3.29. The highest BCUT2D eigenvalue weighted by molar-refractivity contribution is 7.92. The molecule has 0 saturated heterocycles. The largest absolute Gasteiger partial charge is 0.422 e. The van der Waals surface area contributed by atoms with Gasteiger partial charge in [-0.1, -0.05) is 5.16 Å². The van der Waals surface area contributed by atoms with Crippen molar-refractivity contribution in [3.63, 3.8) is 0 Å². The second-order valence-electron chi connectivity index (χ2n) is 5.01. The molecule has 0 aliphatic rings. The molecule has 0 saturated carbocycles. The van der Waals surface area contributed by atoms with Crippen LogP contribution in [0.1, 0.15) is 12.7 Å². The van der Waals surface area contributed by atoms with Crippen LogP contribution in [0, 0.1) is 6.92 Å². The van der Waals surface area contributed by atoms with Crippen molar-refractivity contribution in [1.29, 1.82) is 0 Å². The van der Waals surface area contributed by atoms with Gasteiger partial charge in [0.15, 0.2) is 5.82 Å². The number of fused-ring (bicyclic) bond motifs is 1. The zero-order chi connectivity index (χ0) is 17.5. The summed E-state index contributed by atoms with van der Waals surface area (Å²) >= 11 is 0. The molecule has 1 aromatic carbocycles. The predicted octanol–water partition coefficient (Wildman–Crippen LogP) is 1.07. The first-order valence-corrected chi connectivity index (χ1v) is 8.44. The van der Waals surface area contributed by atoms with Gasteiger partial charge in [-0.25, -0.2) is 18.0 Å². The van der Waals surface area contributed by atoms with E-state index in [1.807, 2.05) is 0 Å². The van der Waals surface area contributed by atoms with Gasteiger partial charge in [0, 0.05) is 12.6 Å². The molecule has 24 heavy (non-hydrogen) atoms. The first-order valence-electron chi connectivity index (χ1n) is 6.95. The molecule has 9 nitrogen and oxygen atoms in total. The monoisotopic (exact) mass is 351 g/mol. The van der Waals surface area contributed by atoms with Gasteiger partial charge in [0.1, 0.15) is 5.76 Å². The van der Waals surface area contributed by atoms with E-state index < -0.39 is 21.4 Å². The van der Waals surface area contributed by atoms with E-state index in [0.717, 1.165) is 6.07 Å². The van der Waals surface area contributed by atoms with Crippen LogP contribution in [0.25, 0.3) is 10.9 Å². The average molecular weight is 351 g/mol. The van der Waals surface area contributed by atoms with Crippen LogP contribution in [0.2, 0.25) is 0 Å². The van der Waals surface area contributed by atoms with Crippen molar-refractivity contribution in [2.24, 2.45) is 0 Å². The van der Waals surface area contributed by atoms with E-state index >= 15 is 0 Å². The molecule has 3 aromatic rings. The van der Waals surface area contributed by atoms with Crippen molar-refractivity contribution in [1.82, 2.24) is 9.72 Å². The third-order valence-electron chi connectivity index (χ3n) is 3.37. The van der Waals surface area contributed by atoms with Crippen LogP contribution in [0.15, 0.2) is 47.7 Å². The minimum absolute atomic E-state index is 0.00402. The van der Waals surface area contributed by atoms with Gasteiger partial charge in [0.05, 0.1) is 15.8 Å². The zero-order valence-corrected chi connectivity index (χ0v) is 13.6. The fraction of sp³-hybridized carbons (Fsp3) is 0.214. The van der Waals surface area contributed by atoms with E-state index in [0.29, 0.717) is 11.3 Å². The lowest BCUT2D eigenvalue weighted by Gasteiger charge is -2.08. The van der Waals surface area contributed by atoms with Gasteiger partial charge in [0.25, 0.3) is 10.0 Å². The van der Waals surface area contributed by atoms with E-state index in [1.54, 1.807) is 13.8 Å². The summed E-state index contributed by atoms with van der Waals surface area (Å²) in [5, 5.41) is 3.55. The molecule has 0 unspecified atom stereocenters. The normalized spacial score (nSPS) is 11.8. The maximum atomic E-state index is 12.4. The molecule has 0 aliphatic carbocycles. The molecular formula is C14H13N3O6S. The quantitative estimate of drug-likeness (QED) is 0.745. The number of aryl methyl sites for hydroxylation is 2. The SMILES string of the molecule is CCn1c(=O)oc(=O)c2cc(S(=O)(=O)Nc3cc(C)on3)ccc21. The van der Waals surface area contributed by atoms with Crippen molar-refractivity contribution in [2.75, 3.05) is 4.72 Å². The second-order valence-corrected chi connectivity index (χ2v) is 6.69. The maximum absolute atomic E-state index is 12.4. The Labute approximate surface area is 135 Å². The first kappa shape index (κ1) is 16.0. The molecule has 0 atom stereocenters. The van der Waals surface area contributed by atoms with Crippen molar-refractivity contribution in [2.45, 2.75) is 25.3 Å². The molecule has 0 spiro atoms. The Hall–Kier alpha value is -2.88. The summed E-state index contributed by atoms with van der Waals surface area (Å²) in [4.78, 5) is 23.4. The highest BCUT2D eigenvalue weighted by Crippen LogP contribution is 2.19. The Morgan fingerprint density at radius 1 is 1.25 bits per heavy atom. The van der Waals surface area contributed by atoms with Crippen LogP contribution in [-0.4, -0.2) is 18.1 Å². The number of sulfonamides is 1. The number of nitrogens with one attached hydrogen (secondary N) is 1. The van der Waals surface area contributed by atoms with Crippen LogP contribution >= 0.6 is 0 Å². The number of hydrogen-bond donors (Lipinski definition) is 1. The summed E-state index contributed by atoms with van der Waals surface area (Å²) < 4.78 is 37.7. The van der Waals surface area contributed by atoms with E-state index in [-0.39, 0.29) is 22.6 Å². The summed E-state index contributed by atoms with van der Waals surface area (Å²) in [6, 6.07) is 5.26. The van der Waals surface area contributed by atoms with Crippen LogP contribution < -0.4 is 16.1 Å². The fourth-order valence-electron chi connectivity index (χ4n) is 2.28. The standard InChI is InChI=1S/C14H13N3O6S/c1-3-17-11-5-4-9(7-10(11)13(18)22-14(17)19)24(20,21)16-12-6-8(2)23-15-12/h4-7H,3H2,1-2H3,(H,15,16). The lowest BCUT2D eigenvalue weighted by Crippen LogP contribution is -2.24. The maximum Gasteiger partial charge on any atom is 0.422 e. The zero-order valence-electron chi connectivity index (χ0n) is 12.8. The highest BCUT2D eigenvalue weighted by Gasteiger charge is 2.19. The van der Waals surface area contributed by atoms with Gasteiger partial charge in [0.2, 0.25) is 0 Å². The summed E-state index contributed by atoms with van der Waals surface area (Å²) in [6.45, 7) is 3.61. The van der Waals surface area contributed by atoms with Crippen molar-refractivity contribution in [3.05, 3.63) is 51.0 Å². The number of hydrogen-bond acceptors (Lipinski definition) is 7. The summed E-state index contributed by atoms with van der Waals surface area (Å²) in [5.74, 6) is -0.321. The van der Waals surface area contributed by atoms with Crippen LogP contribution in [0.4, 0.5) is 5.82 Å². The molecule has 2 aromatic heterocycles. The Balaban J connectivity index is 2.14. The smallest absolute Gasteiger partial charge is 0.372 e. The van der Waals surface area contributed by atoms with Crippen LogP contribution in [0.5, 0.6) is 0 Å². The molecule has 2 heterocycles. The molecule has 1 N–H and O–H groups in total. The molecule has 0 radical (unpaired) electrons. The molecule has 0 aliphatic heterocycles. The molecule has 10 heteroatoms. The topological polar surface area (TPSA) is 124 Å². The van der Waals surface area contributed by atoms with E-state index in [4.69, 9.17) is 4.52 Å². The minimum Gasteiger partial charge on any atom is -0.372 e. The number of benzene rings is 1. The summed E-state index contributed by atoms with van der Waals surface area (Å²) in [5.41, 5.74) is -0.594. The minimum atomic E-state index is -3.98. The molecular weight excluding hydrogens is 338 g/mol. The number of anilines is 1. The van der Waals surface area contributed by atoms with E-state index in [1.165, 1.54) is 22.8 Å². The Morgan fingerprint density at radius 3 is 2.62 bits per heavy atom. The molecule has 126 valence electrons. The van der Waals surface area contributed by atoms with Crippen LogP contribution in [-0.2, 0) is 16.6 Å². The van der Waals surface area contributed by atoms with Crippen molar-refractivity contribution in [3.8, 4) is 0 Å². The van der Waals surface area contributed by atoms with Crippen molar-refractivity contribution < 1.29 is 17.4 Å². The number of nitrogens with zero attached hydrogens (tertiary/aromatic N) is 2. The van der Waals surface area contributed by atoms with Gasteiger partial charge in [-0.2, -0.15) is 0 Å². The Bertz CT molecular complexity index is 1140. The number of aromatic nitrogens is 2. The van der Waals surface area contributed by atoms with Gasteiger partial charge in [-0.15, -0.1) is 0 Å². The number of rotatable bonds is 4. The Kier molecular flexibility index (Phi) is 3.76. The van der Waals surface area contributed by atoms with Crippen molar-refractivity contribution >= 4 is 26.7 Å². The highest BCUT2D eigenvalue weighted by atomic mass is 32.2. The van der Waals surface area contributed by atoms with Gasteiger partial charge in [-0.3, -0.25) is 9.29 Å². The predicted molar refractivity (Wildman–Crippen MR) is 84.5 cm³/mol. The molecule has 0 bridgehead atoms. The molecule has 3 rings (SSSR count). The average Bonchev–Trinajstić information content (AvgIpc) is 2.91. The molecule has 0 amide bonds. The third-order valence-corrected chi connectivity index (χ3v) is 4.72. The molecule has 0 fully saturated rings. The third kappa shape index (κ3) is 2.71. The first-order chi connectivity index (χ1) is 11.3. The van der Waals surface area contributed by atoms with Gasteiger partial charge < -0.3 is 8.94 Å². The lowest BCUT2D eigenvalue weighted by molar-refractivity contribution is 0.400. The lowest BCUT2D eigenvalue weighted by atomic mass is 10.2. The van der Waals surface area contributed by atoms with Gasteiger partial charge >= 0.3 is 11.4 Å². The summed E-state index contributed by atoms with van der Waals surface area (Å²) in [7, 11) is -3.98. The Morgan fingerprint density at radius 2 is 2.00 bits per heavy atom. The van der Waals surface area contributed by atoms with Crippen LogP contribution in [0.3, 0.4) is 0 Å².